The zero-order valence-electron chi connectivity index (χ0n) is 11.2. The van der Waals surface area contributed by atoms with Crippen molar-refractivity contribution in [2.24, 2.45) is 0 Å². The molecule has 1 saturated heterocycles. The average molecular weight is 275 g/mol. The molecule has 106 valence electrons. The highest BCUT2D eigenvalue weighted by Crippen LogP contribution is 2.06. The van der Waals surface area contributed by atoms with Gasteiger partial charge in [0.25, 0.3) is 5.91 Å². The first-order chi connectivity index (χ1) is 9.84. The number of carbonyl (C=O) groups excluding carboxylic acids is 1. The van der Waals surface area contributed by atoms with Crippen LogP contribution < -0.4 is 5.32 Å². The van der Waals surface area contributed by atoms with Crippen molar-refractivity contribution >= 4 is 11.6 Å². The van der Waals surface area contributed by atoms with Crippen LogP contribution in [0.4, 0.5) is 0 Å². The highest BCUT2D eigenvalue weighted by Gasteiger charge is 2.14. The topological polar surface area (TPSA) is 71.8 Å². The van der Waals surface area contributed by atoms with Gasteiger partial charge in [0.05, 0.1) is 19.4 Å². The molecule has 0 spiro atoms. The maximum absolute atomic E-state index is 12.1. The summed E-state index contributed by atoms with van der Waals surface area (Å²) in [6.07, 6.45) is 4.97. The van der Waals surface area contributed by atoms with Crippen LogP contribution in [-0.2, 0) is 4.74 Å². The van der Waals surface area contributed by atoms with Gasteiger partial charge in [0.2, 0.25) is 0 Å². The van der Waals surface area contributed by atoms with E-state index in [1.54, 1.807) is 29.2 Å². The predicted molar refractivity (Wildman–Crippen MR) is 72.6 cm³/mol. The maximum Gasteiger partial charge on any atom is 0.256 e. The summed E-state index contributed by atoms with van der Waals surface area (Å²) in [6.45, 7) is 4.84. The molecule has 7 nitrogen and oxygen atoms in total. The normalized spacial score (nSPS) is 16.4. The van der Waals surface area contributed by atoms with E-state index in [2.05, 4.69) is 20.3 Å². The van der Waals surface area contributed by atoms with Gasteiger partial charge in [-0.15, -0.1) is 0 Å². The van der Waals surface area contributed by atoms with Crippen LogP contribution in [0.15, 0.2) is 24.7 Å². The fourth-order valence-electron chi connectivity index (χ4n) is 2.23. The number of ether oxygens (including phenoxy) is 1. The summed E-state index contributed by atoms with van der Waals surface area (Å²) in [5, 5.41) is 7.01. The molecule has 1 fully saturated rings. The molecule has 3 heterocycles. The van der Waals surface area contributed by atoms with Gasteiger partial charge < -0.3 is 10.1 Å². The molecule has 0 aromatic carbocycles. The molecule has 2 aromatic heterocycles. The van der Waals surface area contributed by atoms with Crippen molar-refractivity contribution in [1.82, 2.24) is 24.8 Å². The Balaban J connectivity index is 1.56. The summed E-state index contributed by atoms with van der Waals surface area (Å²) < 4.78 is 6.88. The molecule has 0 aliphatic carbocycles. The zero-order chi connectivity index (χ0) is 13.8. The van der Waals surface area contributed by atoms with E-state index in [-0.39, 0.29) is 5.91 Å². The summed E-state index contributed by atoms with van der Waals surface area (Å²) in [5.74, 6) is -0.132. The lowest BCUT2D eigenvalue weighted by molar-refractivity contribution is 0.0383. The molecule has 0 radical (unpaired) electrons. The minimum atomic E-state index is -0.132. The minimum absolute atomic E-state index is 0.132. The lowest BCUT2D eigenvalue weighted by Crippen LogP contribution is -2.41. The van der Waals surface area contributed by atoms with E-state index >= 15 is 0 Å². The number of nitrogens with zero attached hydrogens (tertiary/aromatic N) is 4. The van der Waals surface area contributed by atoms with Crippen molar-refractivity contribution in [2.75, 3.05) is 39.4 Å². The van der Waals surface area contributed by atoms with E-state index < -0.39 is 0 Å². The Kier molecular flexibility index (Phi) is 3.89. The Bertz CT molecular complexity index is 591. The highest BCUT2D eigenvalue weighted by molar-refractivity contribution is 5.99. The van der Waals surface area contributed by atoms with Gasteiger partial charge in [-0.25, -0.2) is 9.50 Å². The number of hydrogen-bond acceptors (Lipinski definition) is 5. The first-order valence-electron chi connectivity index (χ1n) is 6.71. The molecular weight excluding hydrogens is 258 g/mol. The highest BCUT2D eigenvalue weighted by atomic mass is 16.5. The lowest BCUT2D eigenvalue weighted by atomic mass is 10.3. The number of nitrogens with one attached hydrogen (secondary N) is 1. The van der Waals surface area contributed by atoms with Gasteiger partial charge in [-0.05, 0) is 6.07 Å². The van der Waals surface area contributed by atoms with Gasteiger partial charge >= 0.3 is 0 Å². The fraction of sp³-hybridized carbons (Fsp3) is 0.462. The van der Waals surface area contributed by atoms with Crippen LogP contribution in [-0.4, -0.2) is 64.8 Å². The van der Waals surface area contributed by atoms with Gasteiger partial charge in [-0.1, -0.05) is 0 Å². The SMILES string of the molecule is O=C(NCCN1CCOCC1)c1cnn2cccnc12. The van der Waals surface area contributed by atoms with Crippen LogP contribution in [0.2, 0.25) is 0 Å². The number of aromatic nitrogens is 3. The Hall–Kier alpha value is -1.99. The summed E-state index contributed by atoms with van der Waals surface area (Å²) >= 11 is 0. The Morgan fingerprint density at radius 3 is 3.10 bits per heavy atom. The van der Waals surface area contributed by atoms with Crippen LogP contribution in [0.3, 0.4) is 0 Å². The van der Waals surface area contributed by atoms with Crippen molar-refractivity contribution in [3.8, 4) is 0 Å². The largest absolute Gasteiger partial charge is 0.379 e. The third-order valence-corrected chi connectivity index (χ3v) is 3.34. The summed E-state index contributed by atoms with van der Waals surface area (Å²) in [5.41, 5.74) is 1.09. The van der Waals surface area contributed by atoms with Crippen molar-refractivity contribution in [3.63, 3.8) is 0 Å². The molecule has 0 saturated carbocycles. The van der Waals surface area contributed by atoms with Gasteiger partial charge in [-0.3, -0.25) is 9.69 Å². The van der Waals surface area contributed by atoms with E-state index in [0.717, 1.165) is 32.8 Å². The average Bonchev–Trinajstić information content (AvgIpc) is 2.92. The standard InChI is InChI=1S/C13H17N5O2/c19-13(15-3-5-17-6-8-20-9-7-17)11-10-16-18-4-1-2-14-12(11)18/h1-2,4,10H,3,5-9H2,(H,15,19). The van der Waals surface area contributed by atoms with E-state index in [9.17, 15) is 4.79 Å². The van der Waals surface area contributed by atoms with Crippen molar-refractivity contribution < 1.29 is 9.53 Å². The van der Waals surface area contributed by atoms with Gasteiger partial charge in [0.1, 0.15) is 5.56 Å². The van der Waals surface area contributed by atoms with E-state index in [1.807, 2.05) is 0 Å². The van der Waals surface area contributed by atoms with Crippen LogP contribution >= 0.6 is 0 Å². The van der Waals surface area contributed by atoms with E-state index in [4.69, 9.17) is 4.74 Å². The smallest absolute Gasteiger partial charge is 0.256 e. The lowest BCUT2D eigenvalue weighted by Gasteiger charge is -2.26. The second kappa shape index (κ2) is 5.98. The fourth-order valence-corrected chi connectivity index (χ4v) is 2.23. The quantitative estimate of drug-likeness (QED) is 0.836. The predicted octanol–water partition coefficient (Wildman–Crippen LogP) is -0.209. The number of hydrogen-bond donors (Lipinski definition) is 1. The van der Waals surface area contributed by atoms with Gasteiger partial charge in [-0.2, -0.15) is 5.10 Å². The van der Waals surface area contributed by atoms with Crippen molar-refractivity contribution in [1.29, 1.82) is 0 Å². The third kappa shape index (κ3) is 2.78. The molecular formula is C13H17N5O2. The maximum atomic E-state index is 12.1. The molecule has 1 aliphatic heterocycles. The summed E-state index contributed by atoms with van der Waals surface area (Å²) in [4.78, 5) is 18.6. The molecule has 1 amide bonds. The van der Waals surface area contributed by atoms with Crippen molar-refractivity contribution in [2.45, 2.75) is 0 Å². The number of amides is 1. The van der Waals surface area contributed by atoms with Crippen LogP contribution in [0, 0.1) is 0 Å². The Labute approximate surface area is 116 Å². The number of fused-ring (bicyclic) bond motifs is 1. The number of carbonyl (C=O) groups is 1. The van der Waals surface area contributed by atoms with Gasteiger partial charge in [0.15, 0.2) is 5.65 Å². The molecule has 1 aliphatic rings. The molecule has 20 heavy (non-hydrogen) atoms. The van der Waals surface area contributed by atoms with Crippen LogP contribution in [0.1, 0.15) is 10.4 Å². The van der Waals surface area contributed by atoms with Crippen LogP contribution in [0.25, 0.3) is 5.65 Å². The second-order valence-corrected chi connectivity index (χ2v) is 4.66. The first-order valence-corrected chi connectivity index (χ1v) is 6.71. The zero-order valence-corrected chi connectivity index (χ0v) is 11.2. The number of rotatable bonds is 4. The molecule has 0 bridgehead atoms. The minimum Gasteiger partial charge on any atom is -0.379 e. The molecule has 0 atom stereocenters. The summed E-state index contributed by atoms with van der Waals surface area (Å²) in [6, 6.07) is 1.78. The third-order valence-electron chi connectivity index (χ3n) is 3.34. The molecule has 0 unspecified atom stereocenters. The van der Waals surface area contributed by atoms with E-state index in [0.29, 0.717) is 17.8 Å². The van der Waals surface area contributed by atoms with E-state index in [1.165, 1.54) is 0 Å². The molecule has 2 aromatic rings. The van der Waals surface area contributed by atoms with Crippen molar-refractivity contribution in [3.05, 3.63) is 30.2 Å². The van der Waals surface area contributed by atoms with Gasteiger partial charge in [0, 0.05) is 38.6 Å². The molecule has 7 heteroatoms. The second-order valence-electron chi connectivity index (χ2n) is 4.66. The van der Waals surface area contributed by atoms with Crippen LogP contribution in [0.5, 0.6) is 0 Å². The monoisotopic (exact) mass is 275 g/mol. The Morgan fingerprint density at radius 2 is 2.25 bits per heavy atom. The molecule has 1 N–H and O–H groups in total. The summed E-state index contributed by atoms with van der Waals surface area (Å²) in [7, 11) is 0. The Morgan fingerprint density at radius 1 is 1.40 bits per heavy atom. The first kappa shape index (κ1) is 13.0. The molecule has 3 rings (SSSR count). The number of morpholine rings is 1.